The number of nitrogens with one attached hydrogen (secondary N) is 1. The van der Waals surface area contributed by atoms with Gasteiger partial charge < -0.3 is 15.0 Å². The molecule has 1 amide bonds. The highest BCUT2D eigenvalue weighted by molar-refractivity contribution is 5.95. The Labute approximate surface area is 170 Å². The highest BCUT2D eigenvalue weighted by atomic mass is 16.5. The van der Waals surface area contributed by atoms with E-state index in [-0.39, 0.29) is 11.9 Å². The lowest BCUT2D eigenvalue weighted by Crippen LogP contribution is -2.30. The zero-order valence-corrected chi connectivity index (χ0v) is 16.5. The van der Waals surface area contributed by atoms with Crippen LogP contribution in [-0.2, 0) is 11.3 Å². The van der Waals surface area contributed by atoms with Crippen LogP contribution >= 0.6 is 0 Å². The summed E-state index contributed by atoms with van der Waals surface area (Å²) in [5.74, 6) is 0.112. The second-order valence-electron chi connectivity index (χ2n) is 6.43. The molecule has 3 aromatic rings. The molecule has 0 aliphatic rings. The summed E-state index contributed by atoms with van der Waals surface area (Å²) in [6, 6.07) is 20.2. The minimum Gasteiger partial charge on any atom is -0.465 e. The van der Waals surface area contributed by atoms with Crippen molar-refractivity contribution in [1.29, 1.82) is 0 Å². The fourth-order valence-corrected chi connectivity index (χ4v) is 2.90. The largest absolute Gasteiger partial charge is 0.465 e. The molecule has 0 bridgehead atoms. The van der Waals surface area contributed by atoms with E-state index in [2.05, 4.69) is 10.3 Å². The van der Waals surface area contributed by atoms with Crippen molar-refractivity contribution in [3.8, 4) is 0 Å². The first kappa shape index (κ1) is 20.1. The maximum atomic E-state index is 13.0. The first-order valence-corrected chi connectivity index (χ1v) is 9.35. The molecular weight excluding hydrogens is 366 g/mol. The number of pyridine rings is 1. The molecular formula is C23H23N3O3. The van der Waals surface area contributed by atoms with Crippen molar-refractivity contribution in [3.05, 3.63) is 89.6 Å². The van der Waals surface area contributed by atoms with Gasteiger partial charge in [-0.05, 0) is 48.9 Å². The van der Waals surface area contributed by atoms with Crippen LogP contribution in [0.5, 0.6) is 0 Å². The van der Waals surface area contributed by atoms with Crippen LogP contribution in [0.2, 0.25) is 0 Å². The van der Waals surface area contributed by atoms with Gasteiger partial charge in [-0.3, -0.25) is 4.79 Å². The predicted molar refractivity (Wildman–Crippen MR) is 112 cm³/mol. The Kier molecular flexibility index (Phi) is 6.58. The molecule has 0 spiro atoms. The van der Waals surface area contributed by atoms with Crippen molar-refractivity contribution in [2.75, 3.05) is 19.0 Å². The lowest BCUT2D eigenvalue weighted by Gasteiger charge is -2.21. The van der Waals surface area contributed by atoms with E-state index in [1.807, 2.05) is 37.3 Å². The monoisotopic (exact) mass is 389 g/mol. The van der Waals surface area contributed by atoms with Gasteiger partial charge in [-0.25, -0.2) is 9.78 Å². The Morgan fingerprint density at radius 3 is 2.38 bits per heavy atom. The maximum Gasteiger partial charge on any atom is 0.337 e. The zero-order chi connectivity index (χ0) is 20.6. The molecule has 0 saturated heterocycles. The van der Waals surface area contributed by atoms with E-state index in [1.165, 1.54) is 7.11 Å². The van der Waals surface area contributed by atoms with Gasteiger partial charge in [0.1, 0.15) is 5.82 Å². The fraction of sp³-hybridized carbons (Fsp3) is 0.174. The third kappa shape index (κ3) is 5.19. The molecule has 3 rings (SSSR count). The topological polar surface area (TPSA) is 71.5 Å². The maximum absolute atomic E-state index is 13.0. The van der Waals surface area contributed by atoms with Gasteiger partial charge in [-0.2, -0.15) is 0 Å². The van der Waals surface area contributed by atoms with Gasteiger partial charge in [0.2, 0.25) is 0 Å². The third-order valence-corrected chi connectivity index (χ3v) is 4.47. The first-order valence-electron chi connectivity index (χ1n) is 9.35. The van der Waals surface area contributed by atoms with Gasteiger partial charge in [-0.15, -0.1) is 0 Å². The summed E-state index contributed by atoms with van der Waals surface area (Å²) in [5, 5.41) is 3.16. The molecule has 0 saturated carbocycles. The number of esters is 1. The minimum absolute atomic E-state index is 0.0529. The molecule has 0 radical (unpaired) electrons. The number of ether oxygens (including phenoxy) is 1. The Bertz CT molecular complexity index is 972. The molecule has 2 aromatic carbocycles. The van der Waals surface area contributed by atoms with Crippen molar-refractivity contribution in [2.24, 2.45) is 0 Å². The van der Waals surface area contributed by atoms with E-state index in [9.17, 15) is 9.59 Å². The van der Waals surface area contributed by atoms with Gasteiger partial charge in [-0.1, -0.05) is 30.3 Å². The molecule has 0 aliphatic carbocycles. The van der Waals surface area contributed by atoms with Crippen molar-refractivity contribution in [3.63, 3.8) is 0 Å². The lowest BCUT2D eigenvalue weighted by molar-refractivity contribution is 0.0600. The van der Waals surface area contributed by atoms with Crippen LogP contribution in [0.25, 0.3) is 0 Å². The van der Waals surface area contributed by atoms with E-state index in [1.54, 1.807) is 47.5 Å². The second kappa shape index (κ2) is 9.50. The van der Waals surface area contributed by atoms with Crippen molar-refractivity contribution in [2.45, 2.75) is 13.5 Å². The number of carbonyl (C=O) groups is 2. The Balaban J connectivity index is 1.72. The second-order valence-corrected chi connectivity index (χ2v) is 6.43. The zero-order valence-electron chi connectivity index (χ0n) is 16.5. The lowest BCUT2D eigenvalue weighted by atomic mass is 10.1. The predicted octanol–water partition coefficient (Wildman–Crippen LogP) is 4.27. The number of methoxy groups -OCH3 is 1. The van der Waals surface area contributed by atoms with Crippen LogP contribution in [0, 0.1) is 0 Å². The van der Waals surface area contributed by atoms with E-state index in [4.69, 9.17) is 4.74 Å². The van der Waals surface area contributed by atoms with Crippen LogP contribution < -0.4 is 5.32 Å². The summed E-state index contributed by atoms with van der Waals surface area (Å²) >= 11 is 0. The van der Waals surface area contributed by atoms with E-state index in [0.717, 1.165) is 11.3 Å². The summed E-state index contributed by atoms with van der Waals surface area (Å²) in [4.78, 5) is 30.6. The summed E-state index contributed by atoms with van der Waals surface area (Å²) in [7, 11) is 1.35. The molecule has 6 heteroatoms. The van der Waals surface area contributed by atoms with E-state index in [0.29, 0.717) is 30.0 Å². The summed E-state index contributed by atoms with van der Waals surface area (Å²) in [6.07, 6.45) is 1.61. The molecule has 1 heterocycles. The van der Waals surface area contributed by atoms with Gasteiger partial charge in [0.05, 0.1) is 12.7 Å². The van der Waals surface area contributed by atoms with E-state index < -0.39 is 0 Å². The number of benzene rings is 2. The Morgan fingerprint density at radius 1 is 1.00 bits per heavy atom. The minimum atomic E-state index is -0.389. The van der Waals surface area contributed by atoms with Gasteiger partial charge in [0, 0.05) is 30.5 Å². The Hall–Kier alpha value is -3.67. The molecule has 0 atom stereocenters. The molecule has 0 fully saturated rings. The van der Waals surface area contributed by atoms with Crippen LogP contribution in [0.4, 0.5) is 11.5 Å². The van der Waals surface area contributed by atoms with Gasteiger partial charge in [0.15, 0.2) is 0 Å². The highest BCUT2D eigenvalue weighted by Crippen LogP contribution is 2.18. The quantitative estimate of drug-likeness (QED) is 0.611. The number of amides is 1. The van der Waals surface area contributed by atoms with Crippen molar-refractivity contribution >= 4 is 23.4 Å². The number of carbonyl (C=O) groups excluding carboxylic acids is 2. The summed E-state index contributed by atoms with van der Waals surface area (Å²) < 4.78 is 4.70. The number of rotatable bonds is 7. The number of anilines is 2. The Morgan fingerprint density at radius 2 is 1.72 bits per heavy atom. The first-order chi connectivity index (χ1) is 14.1. The molecule has 1 N–H and O–H groups in total. The van der Waals surface area contributed by atoms with Crippen LogP contribution in [-0.4, -0.2) is 35.4 Å². The normalized spacial score (nSPS) is 10.3. The molecule has 0 unspecified atom stereocenters. The van der Waals surface area contributed by atoms with Crippen molar-refractivity contribution < 1.29 is 14.3 Å². The molecule has 6 nitrogen and oxygen atoms in total. The van der Waals surface area contributed by atoms with Crippen LogP contribution in [0.1, 0.15) is 33.2 Å². The fourth-order valence-electron chi connectivity index (χ4n) is 2.90. The molecule has 148 valence electrons. The molecule has 0 aliphatic heterocycles. The van der Waals surface area contributed by atoms with Gasteiger partial charge in [0.25, 0.3) is 5.91 Å². The molecule has 29 heavy (non-hydrogen) atoms. The third-order valence-electron chi connectivity index (χ3n) is 4.47. The van der Waals surface area contributed by atoms with Crippen molar-refractivity contribution in [1.82, 2.24) is 9.88 Å². The summed E-state index contributed by atoms with van der Waals surface area (Å²) in [5.41, 5.74) is 2.87. The van der Waals surface area contributed by atoms with Gasteiger partial charge >= 0.3 is 5.97 Å². The average Bonchev–Trinajstić information content (AvgIpc) is 2.78. The smallest absolute Gasteiger partial charge is 0.337 e. The number of hydrogen-bond donors (Lipinski definition) is 1. The van der Waals surface area contributed by atoms with Crippen LogP contribution in [0.15, 0.2) is 72.9 Å². The number of hydrogen-bond acceptors (Lipinski definition) is 5. The average molecular weight is 389 g/mol. The molecule has 1 aromatic heterocycles. The number of nitrogens with zero attached hydrogens (tertiary/aromatic N) is 2. The summed E-state index contributed by atoms with van der Waals surface area (Å²) in [6.45, 7) is 3.12. The van der Waals surface area contributed by atoms with Crippen LogP contribution in [0.3, 0.4) is 0 Å². The standard InChI is InChI=1S/C23H23N3O3/c1-3-26(16-17-7-5-4-6-8-17)22(27)19-13-14-24-21(15-19)25-20-11-9-18(10-12-20)23(28)29-2/h4-15H,3,16H2,1-2H3,(H,24,25). The SMILES string of the molecule is CCN(Cc1ccccc1)C(=O)c1ccnc(Nc2ccc(C(=O)OC)cc2)c1. The van der Waals surface area contributed by atoms with E-state index >= 15 is 0 Å². The number of aromatic nitrogens is 1. The highest BCUT2D eigenvalue weighted by Gasteiger charge is 2.15.